The molecule has 1 N–H and O–H groups in total. The van der Waals surface area contributed by atoms with Crippen molar-refractivity contribution in [3.8, 4) is 5.75 Å². The third-order valence-electron chi connectivity index (χ3n) is 5.20. The topological polar surface area (TPSA) is 73.9 Å². The van der Waals surface area contributed by atoms with Gasteiger partial charge in [0.15, 0.2) is 0 Å². The summed E-state index contributed by atoms with van der Waals surface area (Å²) in [7, 11) is 0. The Kier molecular flexibility index (Phi) is 5.93. The largest absolute Gasteiger partial charge is 0.598 e. The fourth-order valence-electron chi connectivity index (χ4n) is 3.65. The van der Waals surface area contributed by atoms with Gasteiger partial charge in [-0.25, -0.2) is 4.79 Å². The number of para-hydroxylation sites is 1. The molecule has 1 amide bonds. The molecule has 0 saturated carbocycles. The van der Waals surface area contributed by atoms with Gasteiger partial charge in [0.2, 0.25) is 0 Å². The minimum Gasteiger partial charge on any atom is -0.598 e. The zero-order valence-electron chi connectivity index (χ0n) is 16.6. The number of carbonyl (C=O) groups excluding carboxylic acids is 1. The first kappa shape index (κ1) is 20.3. The first-order chi connectivity index (χ1) is 12.7. The van der Waals surface area contributed by atoms with Gasteiger partial charge in [-0.05, 0) is 33.8 Å². The molecule has 1 unspecified atom stereocenters. The van der Waals surface area contributed by atoms with E-state index in [2.05, 4.69) is 4.72 Å². The number of nitrogens with one attached hydrogen (secondary N) is 1. The Labute approximate surface area is 164 Å². The van der Waals surface area contributed by atoms with Gasteiger partial charge >= 0.3 is 6.09 Å². The van der Waals surface area contributed by atoms with Crippen LogP contribution in [0.2, 0.25) is 0 Å². The van der Waals surface area contributed by atoms with Crippen LogP contribution in [-0.2, 0) is 16.1 Å². The van der Waals surface area contributed by atoms with Gasteiger partial charge in [-0.15, -0.1) is 4.72 Å². The van der Waals surface area contributed by atoms with E-state index in [1.165, 1.54) is 0 Å². The molecule has 1 aromatic carbocycles. The monoisotopic (exact) mass is 394 g/mol. The average Bonchev–Trinajstić information content (AvgIpc) is 2.61. The van der Waals surface area contributed by atoms with Crippen molar-refractivity contribution in [2.24, 2.45) is 0 Å². The van der Waals surface area contributed by atoms with Gasteiger partial charge < -0.3 is 18.9 Å². The zero-order valence-corrected chi connectivity index (χ0v) is 17.4. The van der Waals surface area contributed by atoms with Gasteiger partial charge in [-0.3, -0.25) is 0 Å². The predicted molar refractivity (Wildman–Crippen MR) is 106 cm³/mol. The highest BCUT2D eigenvalue weighted by Gasteiger charge is 2.46. The summed E-state index contributed by atoms with van der Waals surface area (Å²) in [6.07, 6.45) is 1.95. The van der Waals surface area contributed by atoms with Crippen molar-refractivity contribution < 1.29 is 18.8 Å². The van der Waals surface area contributed by atoms with Crippen LogP contribution < -0.4 is 9.46 Å². The molecule has 0 aromatic heterocycles. The third kappa shape index (κ3) is 4.52. The minimum absolute atomic E-state index is 0.0378. The molecule has 2 atom stereocenters. The number of amides is 1. The molecule has 3 rings (SSSR count). The molecule has 1 spiro atoms. The van der Waals surface area contributed by atoms with Crippen molar-refractivity contribution in [2.75, 3.05) is 19.7 Å². The van der Waals surface area contributed by atoms with E-state index in [0.29, 0.717) is 19.7 Å². The Balaban J connectivity index is 1.77. The summed E-state index contributed by atoms with van der Waals surface area (Å²) in [6, 6.07) is 7.92. The SMILES string of the molecule is CCOC(=O)N1CCC2(CC1)C[C@H](N[S+]([O-])C(C)(C)C)c1ccccc1O2. The van der Waals surface area contributed by atoms with Crippen molar-refractivity contribution >= 4 is 17.5 Å². The van der Waals surface area contributed by atoms with Crippen LogP contribution >= 0.6 is 0 Å². The van der Waals surface area contributed by atoms with Crippen LogP contribution in [0.1, 0.15) is 58.6 Å². The molecular weight excluding hydrogens is 364 g/mol. The minimum atomic E-state index is -1.17. The van der Waals surface area contributed by atoms with Crippen LogP contribution in [0.25, 0.3) is 0 Å². The number of rotatable bonds is 3. The van der Waals surface area contributed by atoms with Gasteiger partial charge in [0.25, 0.3) is 0 Å². The lowest BCUT2D eigenvalue weighted by Crippen LogP contribution is -2.54. The first-order valence-corrected chi connectivity index (χ1v) is 10.8. The number of likely N-dealkylation sites (tertiary alicyclic amines) is 1. The fraction of sp³-hybridized carbons (Fsp3) is 0.650. The van der Waals surface area contributed by atoms with Gasteiger partial charge in [0.1, 0.15) is 16.1 Å². The summed E-state index contributed by atoms with van der Waals surface area (Å²) in [6.45, 7) is 9.32. The van der Waals surface area contributed by atoms with E-state index in [1.807, 2.05) is 52.0 Å². The highest BCUT2D eigenvalue weighted by atomic mass is 32.2. The summed E-state index contributed by atoms with van der Waals surface area (Å²) in [5.74, 6) is 0.844. The summed E-state index contributed by atoms with van der Waals surface area (Å²) in [5.41, 5.74) is 0.699. The molecule has 0 bridgehead atoms. The molecule has 7 heteroatoms. The Morgan fingerprint density at radius 3 is 2.67 bits per heavy atom. The number of carbonyl (C=O) groups is 1. The molecule has 1 fully saturated rings. The van der Waals surface area contributed by atoms with E-state index in [4.69, 9.17) is 9.47 Å². The van der Waals surface area contributed by atoms with E-state index in [1.54, 1.807) is 4.90 Å². The Hall–Kier alpha value is -1.44. The number of benzene rings is 1. The predicted octanol–water partition coefficient (Wildman–Crippen LogP) is 3.55. The van der Waals surface area contributed by atoms with Crippen LogP contribution in [0.4, 0.5) is 4.79 Å². The molecule has 6 nitrogen and oxygen atoms in total. The third-order valence-corrected chi connectivity index (χ3v) is 6.81. The number of fused-ring (bicyclic) bond motifs is 1. The summed E-state index contributed by atoms with van der Waals surface area (Å²) in [4.78, 5) is 13.7. The van der Waals surface area contributed by atoms with Gasteiger partial charge in [-0.2, -0.15) is 0 Å². The maximum Gasteiger partial charge on any atom is 0.409 e. The lowest BCUT2D eigenvalue weighted by Gasteiger charge is -2.46. The second kappa shape index (κ2) is 7.89. The van der Waals surface area contributed by atoms with E-state index in [0.717, 1.165) is 30.6 Å². The number of piperidine rings is 1. The van der Waals surface area contributed by atoms with Gasteiger partial charge in [0, 0.05) is 49.3 Å². The highest BCUT2D eigenvalue weighted by Crippen LogP contribution is 2.44. The number of hydrogen-bond donors (Lipinski definition) is 1. The van der Waals surface area contributed by atoms with Crippen LogP contribution in [-0.4, -0.2) is 45.6 Å². The number of ether oxygens (including phenoxy) is 2. The second-order valence-electron chi connectivity index (χ2n) is 8.26. The number of hydrogen-bond acceptors (Lipinski definition) is 5. The Bertz CT molecular complexity index is 668. The Morgan fingerprint density at radius 1 is 1.37 bits per heavy atom. The van der Waals surface area contributed by atoms with Crippen molar-refractivity contribution in [3.05, 3.63) is 29.8 Å². The summed E-state index contributed by atoms with van der Waals surface area (Å²) >= 11 is -1.17. The lowest BCUT2D eigenvalue weighted by atomic mass is 9.81. The smallest absolute Gasteiger partial charge is 0.409 e. The summed E-state index contributed by atoms with van der Waals surface area (Å²) in [5, 5.41) is 0. The normalized spacial score (nSPS) is 22.7. The van der Waals surface area contributed by atoms with Crippen molar-refractivity contribution in [3.63, 3.8) is 0 Å². The Morgan fingerprint density at radius 2 is 2.04 bits per heavy atom. The number of nitrogens with zero attached hydrogens (tertiary/aromatic N) is 1. The molecule has 27 heavy (non-hydrogen) atoms. The van der Waals surface area contributed by atoms with Crippen LogP contribution in [0.3, 0.4) is 0 Å². The molecule has 1 saturated heterocycles. The summed E-state index contributed by atoms with van der Waals surface area (Å²) < 4.78 is 27.3. The van der Waals surface area contributed by atoms with E-state index in [-0.39, 0.29) is 22.5 Å². The fourth-order valence-corrected chi connectivity index (χ4v) is 4.47. The highest BCUT2D eigenvalue weighted by molar-refractivity contribution is 7.90. The maximum atomic E-state index is 12.7. The molecular formula is C20H30N2O4S. The standard InChI is InChI=1S/C20H30N2O4S/c1-5-25-18(23)22-12-10-20(11-13-22)14-16(21-27(24)19(2,3)4)15-8-6-7-9-17(15)26-20/h6-9,16,21H,5,10-14H2,1-4H3/t16-,27?/m0/s1. The lowest BCUT2D eigenvalue weighted by molar-refractivity contribution is -0.0220. The van der Waals surface area contributed by atoms with Crippen molar-refractivity contribution in [1.29, 1.82) is 0 Å². The molecule has 0 radical (unpaired) electrons. The molecule has 0 aliphatic carbocycles. The van der Waals surface area contributed by atoms with Gasteiger partial charge in [-0.1, -0.05) is 18.2 Å². The first-order valence-electron chi connectivity index (χ1n) is 9.62. The molecule has 2 aliphatic heterocycles. The van der Waals surface area contributed by atoms with Crippen LogP contribution in [0.5, 0.6) is 5.75 Å². The molecule has 150 valence electrons. The van der Waals surface area contributed by atoms with E-state index in [9.17, 15) is 9.35 Å². The quantitative estimate of drug-likeness (QED) is 0.794. The second-order valence-corrected chi connectivity index (χ2v) is 10.3. The van der Waals surface area contributed by atoms with Crippen LogP contribution in [0, 0.1) is 0 Å². The van der Waals surface area contributed by atoms with E-state index >= 15 is 0 Å². The maximum absolute atomic E-state index is 12.7. The van der Waals surface area contributed by atoms with Crippen LogP contribution in [0.15, 0.2) is 24.3 Å². The zero-order chi connectivity index (χ0) is 19.7. The average molecular weight is 395 g/mol. The van der Waals surface area contributed by atoms with E-state index < -0.39 is 11.4 Å². The van der Waals surface area contributed by atoms with Crippen molar-refractivity contribution in [2.45, 2.75) is 63.3 Å². The van der Waals surface area contributed by atoms with Gasteiger partial charge in [0.05, 0.1) is 12.6 Å². The molecule has 2 aliphatic rings. The van der Waals surface area contributed by atoms with Crippen molar-refractivity contribution in [1.82, 2.24) is 9.62 Å². The molecule has 2 heterocycles. The molecule has 1 aromatic rings.